The van der Waals surface area contributed by atoms with E-state index in [0.717, 1.165) is 12.1 Å². The topological polar surface area (TPSA) is 24.9 Å². The van der Waals surface area contributed by atoms with Gasteiger partial charge in [0.05, 0.1) is 6.20 Å². The number of rotatable bonds is 3. The van der Waals surface area contributed by atoms with Gasteiger partial charge in [0.2, 0.25) is 0 Å². The molecule has 0 spiro atoms. The van der Waals surface area contributed by atoms with Gasteiger partial charge >= 0.3 is 0 Å². The first-order chi connectivity index (χ1) is 6.88. The Morgan fingerprint density at radius 1 is 1.40 bits per heavy atom. The molecule has 0 unspecified atom stereocenters. The summed E-state index contributed by atoms with van der Waals surface area (Å²) in [4.78, 5) is 3.85. The number of hydrogen-bond donors (Lipinski definition) is 1. The zero-order chi connectivity index (χ0) is 11.5. The molecule has 0 aliphatic rings. The van der Waals surface area contributed by atoms with Crippen molar-refractivity contribution >= 4 is 0 Å². The minimum absolute atomic E-state index is 0.0923. The molecule has 0 fully saturated rings. The van der Waals surface area contributed by atoms with E-state index >= 15 is 0 Å². The smallest absolute Gasteiger partial charge is 0.141 e. The van der Waals surface area contributed by atoms with Gasteiger partial charge in [0.15, 0.2) is 0 Å². The standard InChI is InChI=1S/C12H19FN2/c1-9(6-15-12(2,3)4)10-5-11(13)8-14-7-10/h5,7-9,15H,6H2,1-4H3/t9-/m0/s1. The third-order valence-electron chi connectivity index (χ3n) is 2.23. The van der Waals surface area contributed by atoms with Gasteiger partial charge in [0.1, 0.15) is 5.82 Å². The van der Waals surface area contributed by atoms with Gasteiger partial charge in [-0.25, -0.2) is 4.39 Å². The Balaban J connectivity index is 2.58. The van der Waals surface area contributed by atoms with E-state index < -0.39 is 0 Å². The number of hydrogen-bond acceptors (Lipinski definition) is 2. The van der Waals surface area contributed by atoms with Crippen LogP contribution in [0.25, 0.3) is 0 Å². The van der Waals surface area contributed by atoms with Crippen LogP contribution in [-0.2, 0) is 0 Å². The molecule has 0 aliphatic carbocycles. The first-order valence-electron chi connectivity index (χ1n) is 5.24. The second-order valence-electron chi connectivity index (χ2n) is 4.97. The fourth-order valence-electron chi connectivity index (χ4n) is 1.27. The van der Waals surface area contributed by atoms with Crippen molar-refractivity contribution in [2.75, 3.05) is 6.54 Å². The summed E-state index contributed by atoms with van der Waals surface area (Å²) in [6.45, 7) is 9.24. The molecule has 0 saturated heterocycles. The van der Waals surface area contributed by atoms with Crippen LogP contribution >= 0.6 is 0 Å². The Labute approximate surface area is 90.9 Å². The summed E-state index contributed by atoms with van der Waals surface area (Å²) in [6, 6.07) is 1.54. The van der Waals surface area contributed by atoms with Gasteiger partial charge in [-0.2, -0.15) is 0 Å². The van der Waals surface area contributed by atoms with Crippen LogP contribution < -0.4 is 5.32 Å². The summed E-state index contributed by atoms with van der Waals surface area (Å²) in [7, 11) is 0. The lowest BCUT2D eigenvalue weighted by atomic mass is 10.0. The second-order valence-corrected chi connectivity index (χ2v) is 4.97. The van der Waals surface area contributed by atoms with E-state index in [1.807, 2.05) is 0 Å². The molecule has 0 amide bonds. The third kappa shape index (κ3) is 4.38. The first kappa shape index (κ1) is 12.1. The fraction of sp³-hybridized carbons (Fsp3) is 0.583. The molecular formula is C12H19FN2. The van der Waals surface area contributed by atoms with Crippen molar-refractivity contribution in [1.29, 1.82) is 0 Å². The molecule has 0 bridgehead atoms. The van der Waals surface area contributed by atoms with Crippen LogP contribution in [0.4, 0.5) is 4.39 Å². The number of aromatic nitrogens is 1. The monoisotopic (exact) mass is 210 g/mol. The molecule has 1 aromatic rings. The van der Waals surface area contributed by atoms with E-state index in [1.54, 1.807) is 12.3 Å². The number of nitrogens with zero attached hydrogens (tertiary/aromatic N) is 1. The van der Waals surface area contributed by atoms with Gasteiger partial charge in [0.25, 0.3) is 0 Å². The highest BCUT2D eigenvalue weighted by molar-refractivity contribution is 5.15. The predicted octanol–water partition coefficient (Wildman–Crippen LogP) is 2.71. The molecule has 3 heteroatoms. The van der Waals surface area contributed by atoms with E-state index in [-0.39, 0.29) is 17.3 Å². The molecule has 0 aromatic carbocycles. The largest absolute Gasteiger partial charge is 0.311 e. The van der Waals surface area contributed by atoms with Crippen LogP contribution in [0.1, 0.15) is 39.2 Å². The normalized spacial score (nSPS) is 13.9. The van der Waals surface area contributed by atoms with Crippen LogP contribution in [-0.4, -0.2) is 17.1 Å². The minimum Gasteiger partial charge on any atom is -0.311 e. The minimum atomic E-state index is -0.268. The Morgan fingerprint density at radius 2 is 2.07 bits per heavy atom. The molecule has 0 aliphatic heterocycles. The summed E-state index contributed by atoms with van der Waals surface area (Å²) in [5.74, 6) is 0.00235. The molecule has 1 atom stereocenters. The molecule has 0 radical (unpaired) electrons. The summed E-state index contributed by atoms with van der Waals surface area (Å²) in [5, 5.41) is 3.39. The average molecular weight is 210 g/mol. The van der Waals surface area contributed by atoms with E-state index in [2.05, 4.69) is 38.0 Å². The van der Waals surface area contributed by atoms with E-state index in [9.17, 15) is 4.39 Å². The van der Waals surface area contributed by atoms with Gasteiger partial charge < -0.3 is 5.32 Å². The fourth-order valence-corrected chi connectivity index (χ4v) is 1.27. The number of nitrogens with one attached hydrogen (secondary N) is 1. The average Bonchev–Trinajstić information content (AvgIpc) is 2.13. The lowest BCUT2D eigenvalue weighted by molar-refractivity contribution is 0.412. The van der Waals surface area contributed by atoms with Crippen LogP contribution in [0.5, 0.6) is 0 Å². The zero-order valence-electron chi connectivity index (χ0n) is 9.84. The summed E-state index contributed by atoms with van der Waals surface area (Å²) < 4.78 is 12.9. The Hall–Kier alpha value is -0.960. The lowest BCUT2D eigenvalue weighted by Gasteiger charge is -2.23. The van der Waals surface area contributed by atoms with Gasteiger partial charge in [-0.05, 0) is 38.3 Å². The van der Waals surface area contributed by atoms with E-state index in [0.29, 0.717) is 0 Å². The highest BCUT2D eigenvalue weighted by Crippen LogP contribution is 2.14. The van der Waals surface area contributed by atoms with Crippen molar-refractivity contribution in [2.45, 2.75) is 39.2 Å². The summed E-state index contributed by atoms with van der Waals surface area (Å²) in [6.07, 6.45) is 2.95. The van der Waals surface area contributed by atoms with Gasteiger partial charge in [-0.15, -0.1) is 0 Å². The zero-order valence-corrected chi connectivity index (χ0v) is 9.84. The molecule has 1 heterocycles. The maximum absolute atomic E-state index is 12.9. The van der Waals surface area contributed by atoms with E-state index in [1.165, 1.54) is 6.20 Å². The van der Waals surface area contributed by atoms with Crippen molar-refractivity contribution in [1.82, 2.24) is 10.3 Å². The highest BCUT2D eigenvalue weighted by Gasteiger charge is 2.12. The van der Waals surface area contributed by atoms with Crippen LogP contribution in [0.3, 0.4) is 0 Å². The molecule has 1 rings (SSSR count). The Bertz CT molecular complexity index is 318. The van der Waals surface area contributed by atoms with Gasteiger partial charge in [0, 0.05) is 18.3 Å². The van der Waals surface area contributed by atoms with Crippen molar-refractivity contribution in [3.05, 3.63) is 29.8 Å². The van der Waals surface area contributed by atoms with Crippen LogP contribution in [0.2, 0.25) is 0 Å². The predicted molar refractivity (Wildman–Crippen MR) is 60.4 cm³/mol. The maximum atomic E-state index is 12.9. The first-order valence-corrected chi connectivity index (χ1v) is 5.24. The number of halogens is 1. The molecule has 84 valence electrons. The quantitative estimate of drug-likeness (QED) is 0.829. The SMILES string of the molecule is C[C@@H](CNC(C)(C)C)c1cncc(F)c1. The lowest BCUT2D eigenvalue weighted by Crippen LogP contribution is -2.38. The van der Waals surface area contributed by atoms with Gasteiger partial charge in [-0.1, -0.05) is 6.92 Å². The molecule has 2 nitrogen and oxygen atoms in total. The highest BCUT2D eigenvalue weighted by atomic mass is 19.1. The van der Waals surface area contributed by atoms with Crippen molar-refractivity contribution in [3.8, 4) is 0 Å². The molecule has 1 N–H and O–H groups in total. The van der Waals surface area contributed by atoms with Crippen molar-refractivity contribution in [2.24, 2.45) is 0 Å². The van der Waals surface area contributed by atoms with Crippen LogP contribution in [0, 0.1) is 5.82 Å². The van der Waals surface area contributed by atoms with Crippen molar-refractivity contribution in [3.63, 3.8) is 0 Å². The second kappa shape index (κ2) is 4.71. The molecular weight excluding hydrogens is 191 g/mol. The van der Waals surface area contributed by atoms with Crippen LogP contribution in [0.15, 0.2) is 18.5 Å². The van der Waals surface area contributed by atoms with Crippen molar-refractivity contribution < 1.29 is 4.39 Å². The van der Waals surface area contributed by atoms with E-state index in [4.69, 9.17) is 0 Å². The Kier molecular flexibility index (Phi) is 3.80. The third-order valence-corrected chi connectivity index (χ3v) is 2.23. The Morgan fingerprint density at radius 3 is 2.60 bits per heavy atom. The molecule has 1 aromatic heterocycles. The molecule has 0 saturated carbocycles. The summed E-state index contributed by atoms with van der Waals surface area (Å²) >= 11 is 0. The maximum Gasteiger partial charge on any atom is 0.141 e. The molecule has 15 heavy (non-hydrogen) atoms. The number of pyridine rings is 1. The summed E-state index contributed by atoms with van der Waals surface area (Å²) in [5.41, 5.74) is 1.03. The van der Waals surface area contributed by atoms with Gasteiger partial charge in [-0.3, -0.25) is 4.98 Å².